The van der Waals surface area contributed by atoms with Crippen molar-refractivity contribution < 1.29 is 4.79 Å². The molecule has 2 aromatic rings. The summed E-state index contributed by atoms with van der Waals surface area (Å²) >= 11 is 0. The molecule has 6 nitrogen and oxygen atoms in total. The Bertz CT molecular complexity index is 885. The number of nitrogens with zero attached hydrogens (tertiary/aromatic N) is 5. The quantitative estimate of drug-likeness (QED) is 0.823. The summed E-state index contributed by atoms with van der Waals surface area (Å²) in [6.45, 7) is 10.5. The van der Waals surface area contributed by atoms with Crippen LogP contribution in [0.2, 0.25) is 0 Å². The maximum Gasteiger partial charge on any atom is 0.225 e. The van der Waals surface area contributed by atoms with E-state index >= 15 is 0 Å². The number of benzene rings is 1. The van der Waals surface area contributed by atoms with Gasteiger partial charge in [-0.05, 0) is 31.6 Å². The van der Waals surface area contributed by atoms with E-state index in [0.29, 0.717) is 0 Å². The fraction of sp³-hybridized carbons (Fsp3) is 0.409. The summed E-state index contributed by atoms with van der Waals surface area (Å²) in [5, 5.41) is 0. The van der Waals surface area contributed by atoms with Crippen molar-refractivity contribution >= 4 is 23.1 Å². The minimum atomic E-state index is -0.338. The lowest BCUT2D eigenvalue weighted by Gasteiger charge is -2.43. The number of hydrogen-bond acceptors (Lipinski definition) is 5. The predicted octanol–water partition coefficient (Wildman–Crippen LogP) is 2.83. The second-order valence-electron chi connectivity index (χ2n) is 8.01. The molecule has 0 saturated carbocycles. The molecule has 146 valence electrons. The summed E-state index contributed by atoms with van der Waals surface area (Å²) in [6.07, 6.45) is 5.84. The SMILES string of the molecule is CC(=O)N1c2ccccc2C(CN2CCN(c3ncccn3)CC2)=CC1(C)C. The van der Waals surface area contributed by atoms with E-state index in [1.54, 1.807) is 19.3 Å². The normalized spacial score (nSPS) is 19.2. The zero-order valence-corrected chi connectivity index (χ0v) is 16.8. The topological polar surface area (TPSA) is 52.6 Å². The Balaban J connectivity index is 1.52. The zero-order valence-electron chi connectivity index (χ0n) is 16.8. The molecule has 2 aliphatic heterocycles. The predicted molar refractivity (Wildman–Crippen MR) is 112 cm³/mol. The highest BCUT2D eigenvalue weighted by atomic mass is 16.2. The van der Waals surface area contributed by atoms with E-state index in [1.165, 1.54) is 5.57 Å². The molecule has 1 fully saturated rings. The highest BCUT2D eigenvalue weighted by Crippen LogP contribution is 2.39. The van der Waals surface area contributed by atoms with Gasteiger partial charge in [-0.1, -0.05) is 24.3 Å². The van der Waals surface area contributed by atoms with E-state index in [1.807, 2.05) is 23.1 Å². The number of para-hydroxylation sites is 1. The molecule has 1 amide bonds. The average Bonchev–Trinajstić information content (AvgIpc) is 2.68. The molecule has 1 aromatic carbocycles. The molecule has 0 radical (unpaired) electrons. The van der Waals surface area contributed by atoms with Gasteiger partial charge < -0.3 is 9.80 Å². The fourth-order valence-electron chi connectivity index (χ4n) is 4.33. The van der Waals surface area contributed by atoms with Crippen LogP contribution in [0.25, 0.3) is 5.57 Å². The number of fused-ring (bicyclic) bond motifs is 1. The molecule has 0 spiro atoms. The molecule has 4 rings (SSSR count). The first kappa shape index (κ1) is 18.6. The van der Waals surface area contributed by atoms with Crippen LogP contribution in [0.5, 0.6) is 0 Å². The van der Waals surface area contributed by atoms with Crippen LogP contribution in [0, 0.1) is 0 Å². The molecule has 28 heavy (non-hydrogen) atoms. The summed E-state index contributed by atoms with van der Waals surface area (Å²) in [7, 11) is 0. The number of carbonyl (C=O) groups excluding carboxylic acids is 1. The Morgan fingerprint density at radius 3 is 2.39 bits per heavy atom. The van der Waals surface area contributed by atoms with Gasteiger partial charge >= 0.3 is 0 Å². The van der Waals surface area contributed by atoms with E-state index in [-0.39, 0.29) is 11.4 Å². The van der Waals surface area contributed by atoms with Gasteiger partial charge in [0.05, 0.1) is 11.2 Å². The number of rotatable bonds is 3. The maximum absolute atomic E-state index is 12.3. The van der Waals surface area contributed by atoms with Crippen LogP contribution in [-0.4, -0.2) is 59.0 Å². The molecule has 1 aromatic heterocycles. The van der Waals surface area contributed by atoms with Crippen molar-refractivity contribution in [2.45, 2.75) is 26.3 Å². The average molecular weight is 377 g/mol. The number of anilines is 2. The minimum absolute atomic E-state index is 0.0734. The van der Waals surface area contributed by atoms with Crippen LogP contribution in [-0.2, 0) is 4.79 Å². The van der Waals surface area contributed by atoms with Gasteiger partial charge in [-0.2, -0.15) is 0 Å². The van der Waals surface area contributed by atoms with Gasteiger partial charge in [0.2, 0.25) is 11.9 Å². The molecular weight excluding hydrogens is 350 g/mol. The first-order valence-corrected chi connectivity index (χ1v) is 9.82. The first-order valence-electron chi connectivity index (χ1n) is 9.82. The number of hydrogen-bond donors (Lipinski definition) is 0. The van der Waals surface area contributed by atoms with Crippen LogP contribution >= 0.6 is 0 Å². The Kier molecular flexibility index (Phi) is 4.89. The van der Waals surface area contributed by atoms with Crippen LogP contribution in [0.15, 0.2) is 48.8 Å². The minimum Gasteiger partial charge on any atom is -0.338 e. The van der Waals surface area contributed by atoms with Gasteiger partial charge in [-0.15, -0.1) is 0 Å². The van der Waals surface area contributed by atoms with Gasteiger partial charge in [-0.25, -0.2) is 9.97 Å². The van der Waals surface area contributed by atoms with Crippen molar-refractivity contribution in [3.8, 4) is 0 Å². The van der Waals surface area contributed by atoms with E-state index in [9.17, 15) is 4.79 Å². The van der Waals surface area contributed by atoms with E-state index in [0.717, 1.165) is 49.9 Å². The van der Waals surface area contributed by atoms with Crippen molar-refractivity contribution in [3.63, 3.8) is 0 Å². The van der Waals surface area contributed by atoms with Crippen molar-refractivity contribution in [2.24, 2.45) is 0 Å². The van der Waals surface area contributed by atoms with Crippen LogP contribution in [0.4, 0.5) is 11.6 Å². The van der Waals surface area contributed by atoms with E-state index in [4.69, 9.17) is 0 Å². The lowest BCUT2D eigenvalue weighted by molar-refractivity contribution is -0.117. The maximum atomic E-state index is 12.3. The van der Waals surface area contributed by atoms with Crippen molar-refractivity contribution in [3.05, 3.63) is 54.4 Å². The summed E-state index contributed by atoms with van der Waals surface area (Å²) in [6, 6.07) is 10.1. The number of carbonyl (C=O) groups is 1. The Labute approximate surface area is 166 Å². The third-order valence-electron chi connectivity index (χ3n) is 5.51. The summed E-state index contributed by atoms with van der Waals surface area (Å²) in [4.78, 5) is 27.7. The molecule has 0 bridgehead atoms. The molecular formula is C22H27N5O. The molecule has 0 atom stereocenters. The molecule has 0 N–H and O–H groups in total. The molecule has 2 aliphatic rings. The lowest BCUT2D eigenvalue weighted by atomic mass is 9.87. The highest BCUT2D eigenvalue weighted by Gasteiger charge is 2.35. The third-order valence-corrected chi connectivity index (χ3v) is 5.51. The molecule has 6 heteroatoms. The van der Waals surface area contributed by atoms with Crippen LogP contribution < -0.4 is 9.80 Å². The molecule has 3 heterocycles. The fourth-order valence-corrected chi connectivity index (χ4v) is 4.33. The van der Waals surface area contributed by atoms with Crippen molar-refractivity contribution in [1.82, 2.24) is 14.9 Å². The van der Waals surface area contributed by atoms with Gasteiger partial charge in [-0.3, -0.25) is 9.69 Å². The van der Waals surface area contributed by atoms with Crippen LogP contribution in [0.3, 0.4) is 0 Å². The van der Waals surface area contributed by atoms with Gasteiger partial charge in [0.25, 0.3) is 0 Å². The Hall–Kier alpha value is -2.73. The Morgan fingerprint density at radius 2 is 1.71 bits per heavy atom. The van der Waals surface area contributed by atoms with E-state index in [2.05, 4.69) is 51.8 Å². The smallest absolute Gasteiger partial charge is 0.225 e. The lowest BCUT2D eigenvalue weighted by Crippen LogP contribution is -2.50. The molecule has 1 saturated heterocycles. The van der Waals surface area contributed by atoms with Crippen LogP contribution in [0.1, 0.15) is 26.3 Å². The monoisotopic (exact) mass is 377 g/mol. The zero-order chi connectivity index (χ0) is 19.7. The molecule has 0 unspecified atom stereocenters. The highest BCUT2D eigenvalue weighted by molar-refractivity contribution is 5.99. The summed E-state index contributed by atoms with van der Waals surface area (Å²) in [5.41, 5.74) is 3.12. The van der Waals surface area contributed by atoms with Gasteiger partial charge in [0, 0.05) is 57.6 Å². The van der Waals surface area contributed by atoms with E-state index < -0.39 is 0 Å². The second-order valence-corrected chi connectivity index (χ2v) is 8.01. The number of aromatic nitrogens is 2. The standard InChI is InChI=1S/C22H27N5O/c1-17(28)27-20-8-5-4-7-19(20)18(15-22(27,2)3)16-25-11-13-26(14-12-25)21-23-9-6-10-24-21/h4-10,15H,11-14,16H2,1-3H3. The van der Waals surface area contributed by atoms with Gasteiger partial charge in [0.15, 0.2) is 0 Å². The summed E-state index contributed by atoms with van der Waals surface area (Å²) < 4.78 is 0. The second kappa shape index (κ2) is 7.36. The summed E-state index contributed by atoms with van der Waals surface area (Å²) in [5.74, 6) is 0.881. The van der Waals surface area contributed by atoms with Crippen molar-refractivity contribution in [1.29, 1.82) is 0 Å². The van der Waals surface area contributed by atoms with Gasteiger partial charge in [0.1, 0.15) is 0 Å². The van der Waals surface area contributed by atoms with Crippen molar-refractivity contribution in [2.75, 3.05) is 42.5 Å². The number of piperazine rings is 1. The first-order chi connectivity index (χ1) is 13.5. The Morgan fingerprint density at radius 1 is 1.04 bits per heavy atom. The number of amides is 1. The molecule has 0 aliphatic carbocycles. The largest absolute Gasteiger partial charge is 0.338 e. The third kappa shape index (κ3) is 3.52.